The highest BCUT2D eigenvalue weighted by molar-refractivity contribution is 7.13. The quantitative estimate of drug-likeness (QED) is 0.717. The molecule has 8 nitrogen and oxygen atoms in total. The minimum absolute atomic E-state index is 0.0480. The van der Waals surface area contributed by atoms with Crippen LogP contribution in [-0.2, 0) is 4.74 Å². The van der Waals surface area contributed by atoms with E-state index in [4.69, 9.17) is 4.74 Å². The zero-order valence-corrected chi connectivity index (χ0v) is 16.3. The van der Waals surface area contributed by atoms with Gasteiger partial charge in [-0.2, -0.15) is 0 Å². The monoisotopic (exact) mass is 407 g/mol. The minimum atomic E-state index is -0.389. The summed E-state index contributed by atoms with van der Waals surface area (Å²) < 4.78 is 17.9. The lowest BCUT2D eigenvalue weighted by Gasteiger charge is -2.31. The van der Waals surface area contributed by atoms with Gasteiger partial charge in [0.25, 0.3) is 5.91 Å². The Morgan fingerprint density at radius 1 is 1.32 bits per heavy atom. The number of likely N-dealkylation sites (tertiary alicyclic amines) is 1. The minimum Gasteiger partial charge on any atom is -0.383 e. The van der Waals surface area contributed by atoms with Crippen molar-refractivity contribution in [1.82, 2.24) is 20.4 Å². The van der Waals surface area contributed by atoms with Crippen LogP contribution in [0.25, 0.3) is 0 Å². The molecule has 3 amide bonds. The van der Waals surface area contributed by atoms with E-state index in [9.17, 15) is 14.0 Å². The molecule has 1 aromatic carbocycles. The van der Waals surface area contributed by atoms with E-state index in [1.165, 1.54) is 35.6 Å². The molecular formula is C18H22FN5O3S. The number of hydrogen-bond acceptors (Lipinski definition) is 6. The molecule has 10 heteroatoms. The molecule has 1 saturated heterocycles. The van der Waals surface area contributed by atoms with E-state index < -0.39 is 0 Å². The SMILES string of the molecule is COCCNC(=O)N1CCCC(c2nnc(C(=O)Nc3ccc(F)cc3)s2)C1. The number of amides is 3. The normalized spacial score (nSPS) is 16.6. The van der Waals surface area contributed by atoms with Gasteiger partial charge in [0.05, 0.1) is 6.61 Å². The number of nitrogens with one attached hydrogen (secondary N) is 2. The lowest BCUT2D eigenvalue weighted by atomic mass is 9.99. The van der Waals surface area contributed by atoms with Crippen LogP contribution < -0.4 is 10.6 Å². The number of aromatic nitrogens is 2. The van der Waals surface area contributed by atoms with Gasteiger partial charge >= 0.3 is 6.03 Å². The molecule has 1 unspecified atom stereocenters. The van der Waals surface area contributed by atoms with Crippen molar-refractivity contribution in [2.45, 2.75) is 18.8 Å². The number of urea groups is 1. The van der Waals surface area contributed by atoms with Gasteiger partial charge in [0.2, 0.25) is 5.01 Å². The number of piperidine rings is 1. The number of nitrogens with zero attached hydrogens (tertiary/aromatic N) is 3. The van der Waals surface area contributed by atoms with E-state index in [0.29, 0.717) is 31.9 Å². The van der Waals surface area contributed by atoms with E-state index >= 15 is 0 Å². The first-order valence-corrected chi connectivity index (χ1v) is 9.80. The Hall–Kier alpha value is -2.59. The molecule has 0 radical (unpaired) electrons. The van der Waals surface area contributed by atoms with Gasteiger partial charge < -0.3 is 20.3 Å². The van der Waals surface area contributed by atoms with E-state index in [1.54, 1.807) is 12.0 Å². The molecule has 28 heavy (non-hydrogen) atoms. The van der Waals surface area contributed by atoms with Gasteiger partial charge in [-0.3, -0.25) is 4.79 Å². The van der Waals surface area contributed by atoms with Crippen molar-refractivity contribution >= 4 is 29.0 Å². The number of ether oxygens (including phenoxy) is 1. The van der Waals surface area contributed by atoms with Crippen LogP contribution in [0.15, 0.2) is 24.3 Å². The zero-order valence-electron chi connectivity index (χ0n) is 15.5. The highest BCUT2D eigenvalue weighted by atomic mass is 32.1. The molecule has 1 aliphatic heterocycles. The maximum Gasteiger partial charge on any atom is 0.317 e. The molecule has 0 saturated carbocycles. The average molecular weight is 407 g/mol. The van der Waals surface area contributed by atoms with Crippen molar-refractivity contribution in [2.75, 3.05) is 38.7 Å². The van der Waals surface area contributed by atoms with Gasteiger partial charge in [0, 0.05) is 38.3 Å². The molecule has 0 bridgehead atoms. The van der Waals surface area contributed by atoms with Crippen LogP contribution in [0.5, 0.6) is 0 Å². The molecule has 0 aliphatic carbocycles. The molecule has 3 rings (SSSR count). The van der Waals surface area contributed by atoms with Crippen LogP contribution in [0.3, 0.4) is 0 Å². The Bertz CT molecular complexity index is 814. The highest BCUT2D eigenvalue weighted by Crippen LogP contribution is 2.29. The first-order chi connectivity index (χ1) is 13.6. The number of hydrogen-bond donors (Lipinski definition) is 2. The Morgan fingerprint density at radius 2 is 2.11 bits per heavy atom. The van der Waals surface area contributed by atoms with E-state index in [1.807, 2.05) is 0 Å². The van der Waals surface area contributed by atoms with Crippen molar-refractivity contribution in [3.05, 3.63) is 40.1 Å². The van der Waals surface area contributed by atoms with Crippen molar-refractivity contribution in [1.29, 1.82) is 0 Å². The van der Waals surface area contributed by atoms with Crippen LogP contribution in [0.2, 0.25) is 0 Å². The fourth-order valence-corrected chi connectivity index (χ4v) is 3.81. The van der Waals surface area contributed by atoms with Crippen molar-refractivity contribution < 1.29 is 18.7 Å². The Balaban J connectivity index is 1.58. The molecule has 1 aromatic heterocycles. The van der Waals surface area contributed by atoms with Crippen LogP contribution in [0, 0.1) is 5.82 Å². The molecule has 2 N–H and O–H groups in total. The molecule has 2 heterocycles. The molecule has 1 atom stereocenters. The number of anilines is 1. The lowest BCUT2D eigenvalue weighted by molar-refractivity contribution is 0.102. The molecule has 2 aromatic rings. The van der Waals surface area contributed by atoms with E-state index in [-0.39, 0.29) is 28.7 Å². The molecule has 0 spiro atoms. The number of halogens is 1. The standard InChI is InChI=1S/C18H22FN5O3S/c1-27-10-8-20-18(26)24-9-2-3-12(11-24)16-22-23-17(28-16)15(25)21-14-6-4-13(19)5-7-14/h4-7,12H,2-3,8-11H2,1H3,(H,20,26)(H,21,25). The van der Waals surface area contributed by atoms with Gasteiger partial charge in [-0.25, -0.2) is 9.18 Å². The van der Waals surface area contributed by atoms with Gasteiger partial charge in [-0.1, -0.05) is 11.3 Å². The summed E-state index contributed by atoms with van der Waals surface area (Å²) >= 11 is 1.22. The van der Waals surface area contributed by atoms with Crippen LogP contribution in [0.4, 0.5) is 14.9 Å². The second kappa shape index (κ2) is 9.56. The summed E-state index contributed by atoms with van der Waals surface area (Å²) in [5.74, 6) is -0.712. The number of rotatable bonds is 6. The van der Waals surface area contributed by atoms with Crippen LogP contribution in [-0.4, -0.2) is 60.4 Å². The second-order valence-corrected chi connectivity index (χ2v) is 7.43. The lowest BCUT2D eigenvalue weighted by Crippen LogP contribution is -2.45. The van der Waals surface area contributed by atoms with Crippen molar-refractivity contribution in [3.63, 3.8) is 0 Å². The summed E-state index contributed by atoms with van der Waals surface area (Å²) in [5.41, 5.74) is 0.486. The number of benzene rings is 1. The summed E-state index contributed by atoms with van der Waals surface area (Å²) in [5, 5.41) is 14.6. The first-order valence-electron chi connectivity index (χ1n) is 8.99. The Morgan fingerprint density at radius 3 is 2.86 bits per heavy atom. The predicted octanol–water partition coefficient (Wildman–Crippen LogP) is 2.46. The number of methoxy groups -OCH3 is 1. The largest absolute Gasteiger partial charge is 0.383 e. The number of carbonyl (C=O) groups is 2. The van der Waals surface area contributed by atoms with Crippen molar-refractivity contribution in [2.24, 2.45) is 0 Å². The van der Waals surface area contributed by atoms with E-state index in [0.717, 1.165) is 17.8 Å². The van der Waals surface area contributed by atoms with E-state index in [2.05, 4.69) is 20.8 Å². The smallest absolute Gasteiger partial charge is 0.317 e. The van der Waals surface area contributed by atoms with Gasteiger partial charge in [-0.05, 0) is 37.1 Å². The summed E-state index contributed by atoms with van der Waals surface area (Å²) in [6.45, 7) is 2.15. The maximum absolute atomic E-state index is 13.0. The van der Waals surface area contributed by atoms with Gasteiger partial charge in [-0.15, -0.1) is 10.2 Å². The second-order valence-electron chi connectivity index (χ2n) is 6.42. The predicted molar refractivity (Wildman–Crippen MR) is 103 cm³/mol. The number of carbonyl (C=O) groups excluding carboxylic acids is 2. The van der Waals surface area contributed by atoms with Crippen LogP contribution >= 0.6 is 11.3 Å². The Labute approximate surface area is 166 Å². The fourth-order valence-electron chi connectivity index (χ4n) is 2.94. The van der Waals surface area contributed by atoms with Gasteiger partial charge in [0.15, 0.2) is 0 Å². The average Bonchev–Trinajstić information content (AvgIpc) is 3.20. The topological polar surface area (TPSA) is 96.4 Å². The molecule has 1 aliphatic rings. The summed E-state index contributed by atoms with van der Waals surface area (Å²) in [6.07, 6.45) is 1.75. The summed E-state index contributed by atoms with van der Waals surface area (Å²) in [4.78, 5) is 26.3. The Kier molecular flexibility index (Phi) is 6.88. The molecule has 1 fully saturated rings. The molecule has 150 valence electrons. The third-order valence-corrected chi connectivity index (χ3v) is 5.46. The summed E-state index contributed by atoms with van der Waals surface area (Å²) in [7, 11) is 1.59. The molecular weight excluding hydrogens is 385 g/mol. The third kappa shape index (κ3) is 5.23. The maximum atomic E-state index is 13.0. The van der Waals surface area contributed by atoms with Crippen LogP contribution in [0.1, 0.15) is 33.6 Å². The van der Waals surface area contributed by atoms with Crippen molar-refractivity contribution in [3.8, 4) is 0 Å². The first kappa shape index (κ1) is 20.2. The third-order valence-electron chi connectivity index (χ3n) is 4.38. The van der Waals surface area contributed by atoms with Gasteiger partial charge in [0.1, 0.15) is 10.8 Å². The summed E-state index contributed by atoms with van der Waals surface area (Å²) in [6, 6.07) is 5.39. The zero-order chi connectivity index (χ0) is 19.9. The highest BCUT2D eigenvalue weighted by Gasteiger charge is 2.28. The fraction of sp³-hybridized carbons (Fsp3) is 0.444.